The lowest BCUT2D eigenvalue weighted by atomic mass is 9.98. The van der Waals surface area contributed by atoms with Crippen LogP contribution in [0.2, 0.25) is 5.02 Å². The predicted molar refractivity (Wildman–Crippen MR) is 85.7 cm³/mol. The van der Waals surface area contributed by atoms with Gasteiger partial charge < -0.3 is 5.32 Å². The number of halogens is 2. The van der Waals surface area contributed by atoms with Crippen LogP contribution in [0, 0.1) is 0 Å². The predicted octanol–water partition coefficient (Wildman–Crippen LogP) is 4.14. The van der Waals surface area contributed by atoms with Crippen molar-refractivity contribution in [2.45, 2.75) is 0 Å². The van der Waals surface area contributed by atoms with Gasteiger partial charge in [-0.2, -0.15) is 0 Å². The molecule has 1 aliphatic rings. The number of amides is 1. The summed E-state index contributed by atoms with van der Waals surface area (Å²) in [5.41, 5.74) is 3.39. The van der Waals surface area contributed by atoms with Gasteiger partial charge in [0.2, 0.25) is 5.91 Å². The number of hydrogen-bond donors (Lipinski definition) is 1. The van der Waals surface area contributed by atoms with Gasteiger partial charge in [-0.15, -0.1) is 0 Å². The van der Waals surface area contributed by atoms with Gasteiger partial charge >= 0.3 is 0 Å². The fourth-order valence-electron chi connectivity index (χ4n) is 2.18. The minimum absolute atomic E-state index is 0.125. The Morgan fingerprint density at radius 3 is 2.80 bits per heavy atom. The third kappa shape index (κ3) is 2.37. The first-order valence-corrected chi connectivity index (χ1v) is 7.21. The molecule has 2 aromatic rings. The van der Waals surface area contributed by atoms with Crippen molar-refractivity contribution in [1.82, 2.24) is 0 Å². The molecule has 0 aliphatic carbocycles. The number of carbonyl (C=O) groups excluding carboxylic acids is 1. The molecule has 0 atom stereocenters. The number of benzodiazepines with no additional fused rings is 1. The highest BCUT2D eigenvalue weighted by Crippen LogP contribution is 2.38. The molecule has 0 fully saturated rings. The number of fused-ring (bicyclic) bond motifs is 1. The summed E-state index contributed by atoms with van der Waals surface area (Å²) >= 11 is 9.90. The third-order valence-electron chi connectivity index (χ3n) is 3.07. The van der Waals surface area contributed by atoms with Crippen molar-refractivity contribution in [3.05, 3.63) is 51.5 Å². The summed E-state index contributed by atoms with van der Waals surface area (Å²) < 4.78 is 0.944. The Kier molecular flexibility index (Phi) is 3.59. The smallest absolute Gasteiger partial charge is 0.246 e. The minimum Gasteiger partial charge on any atom is -0.324 e. The molecule has 5 heteroatoms. The molecule has 2 aromatic carbocycles. The number of aliphatic imine (C=N–C) groups is 1. The molecule has 0 saturated heterocycles. The maximum atomic E-state index is 11.6. The second-order valence-electron chi connectivity index (χ2n) is 4.38. The topological polar surface area (TPSA) is 41.5 Å². The van der Waals surface area contributed by atoms with Gasteiger partial charge in [0.25, 0.3) is 0 Å². The van der Waals surface area contributed by atoms with Gasteiger partial charge in [0.05, 0.1) is 5.69 Å². The average Bonchev–Trinajstić information content (AvgIpc) is 2.61. The van der Waals surface area contributed by atoms with Crippen molar-refractivity contribution in [2.24, 2.45) is 4.99 Å². The van der Waals surface area contributed by atoms with E-state index < -0.39 is 0 Å². The number of hydrogen-bond acceptors (Lipinski definition) is 2. The molecule has 1 aliphatic heterocycles. The van der Waals surface area contributed by atoms with Gasteiger partial charge in [-0.1, -0.05) is 45.7 Å². The molecule has 3 rings (SSSR count). The Morgan fingerprint density at radius 2 is 2.00 bits per heavy atom. The van der Waals surface area contributed by atoms with Gasteiger partial charge in [0, 0.05) is 26.8 Å². The van der Waals surface area contributed by atoms with E-state index in [2.05, 4.69) is 26.2 Å². The number of nitrogens with one attached hydrogen (secondary N) is 1. The molecule has 1 amide bonds. The molecule has 0 saturated carbocycles. The van der Waals surface area contributed by atoms with E-state index in [1.165, 1.54) is 0 Å². The Morgan fingerprint density at radius 1 is 1.20 bits per heavy atom. The molecule has 100 valence electrons. The lowest BCUT2D eigenvalue weighted by Gasteiger charge is -2.14. The monoisotopic (exact) mass is 348 g/mol. The first kappa shape index (κ1) is 13.3. The molecule has 3 nitrogen and oxygen atoms in total. The highest BCUT2D eigenvalue weighted by Gasteiger charge is 2.18. The first-order valence-electron chi connectivity index (χ1n) is 6.04. The van der Waals surface area contributed by atoms with Gasteiger partial charge in [0.1, 0.15) is 6.54 Å². The van der Waals surface area contributed by atoms with E-state index in [1.807, 2.05) is 24.3 Å². The maximum Gasteiger partial charge on any atom is 0.246 e. The maximum absolute atomic E-state index is 11.6. The van der Waals surface area contributed by atoms with E-state index in [0.717, 1.165) is 26.9 Å². The van der Waals surface area contributed by atoms with Crippen molar-refractivity contribution in [3.63, 3.8) is 0 Å². The van der Waals surface area contributed by atoms with Gasteiger partial charge in [0.15, 0.2) is 0 Å². The number of nitrogens with zero attached hydrogens (tertiary/aromatic N) is 1. The van der Waals surface area contributed by atoms with Crippen LogP contribution in [-0.4, -0.2) is 18.7 Å². The third-order valence-corrected chi connectivity index (χ3v) is 4.07. The molecule has 0 bridgehead atoms. The number of carbonyl (C=O) groups is 1. The van der Waals surface area contributed by atoms with E-state index in [1.54, 1.807) is 18.3 Å². The summed E-state index contributed by atoms with van der Waals surface area (Å²) in [6, 6.07) is 11.4. The summed E-state index contributed by atoms with van der Waals surface area (Å²) in [5.74, 6) is -0.125. The molecule has 0 radical (unpaired) electrons. The quantitative estimate of drug-likeness (QED) is 0.826. The van der Waals surface area contributed by atoms with E-state index >= 15 is 0 Å². The zero-order chi connectivity index (χ0) is 14.1. The van der Waals surface area contributed by atoms with Gasteiger partial charge in [-0.25, -0.2) is 0 Å². The van der Waals surface area contributed by atoms with Crippen molar-refractivity contribution in [2.75, 3.05) is 11.9 Å². The number of rotatable bonds is 1. The molecular formula is C15H10BrClN2O. The normalized spacial score (nSPS) is 13.6. The van der Waals surface area contributed by atoms with Gasteiger partial charge in [-0.3, -0.25) is 9.79 Å². The minimum atomic E-state index is -0.125. The average molecular weight is 350 g/mol. The van der Waals surface area contributed by atoms with Crippen LogP contribution in [-0.2, 0) is 4.79 Å². The van der Waals surface area contributed by atoms with Crippen molar-refractivity contribution >= 4 is 45.3 Å². The second-order valence-corrected chi connectivity index (χ2v) is 5.64. The van der Waals surface area contributed by atoms with Crippen LogP contribution in [0.1, 0.15) is 5.56 Å². The summed E-state index contributed by atoms with van der Waals surface area (Å²) in [6.45, 7) is 0.127. The van der Waals surface area contributed by atoms with Crippen molar-refractivity contribution in [1.29, 1.82) is 0 Å². The van der Waals surface area contributed by atoms with E-state index in [9.17, 15) is 4.79 Å². The van der Waals surface area contributed by atoms with Crippen molar-refractivity contribution in [3.8, 4) is 11.1 Å². The SMILES string of the molecule is O=C1CN=Cc2c(ccc(Cl)c2-c2ccccc2Br)N1. The molecule has 0 spiro atoms. The largest absolute Gasteiger partial charge is 0.324 e. The molecule has 20 heavy (non-hydrogen) atoms. The lowest BCUT2D eigenvalue weighted by molar-refractivity contribution is -0.114. The lowest BCUT2D eigenvalue weighted by Crippen LogP contribution is -2.13. The fourth-order valence-corrected chi connectivity index (χ4v) is 2.93. The summed E-state index contributed by atoms with van der Waals surface area (Å²) in [7, 11) is 0. The molecule has 1 N–H and O–H groups in total. The van der Waals surface area contributed by atoms with Crippen LogP contribution in [0.3, 0.4) is 0 Å². The number of anilines is 1. The van der Waals surface area contributed by atoms with E-state index in [-0.39, 0.29) is 12.5 Å². The number of benzene rings is 2. The Hall–Kier alpha value is -1.65. The van der Waals surface area contributed by atoms with Gasteiger partial charge in [-0.05, 0) is 23.8 Å². The molecular weight excluding hydrogens is 340 g/mol. The van der Waals surface area contributed by atoms with Crippen molar-refractivity contribution < 1.29 is 4.79 Å². The Balaban J connectivity index is 2.29. The highest BCUT2D eigenvalue weighted by atomic mass is 79.9. The van der Waals surface area contributed by atoms with Crippen LogP contribution in [0.25, 0.3) is 11.1 Å². The van der Waals surface area contributed by atoms with Crippen LogP contribution in [0.15, 0.2) is 45.9 Å². The first-order chi connectivity index (χ1) is 9.66. The summed E-state index contributed by atoms with van der Waals surface area (Å²) in [5, 5.41) is 3.46. The Labute approximate surface area is 129 Å². The molecule has 1 heterocycles. The van der Waals surface area contributed by atoms with E-state index in [0.29, 0.717) is 5.02 Å². The van der Waals surface area contributed by atoms with E-state index in [4.69, 9.17) is 11.6 Å². The second kappa shape index (κ2) is 5.38. The molecule has 0 unspecified atom stereocenters. The summed E-state index contributed by atoms with van der Waals surface area (Å²) in [6.07, 6.45) is 1.70. The zero-order valence-electron chi connectivity index (χ0n) is 10.4. The zero-order valence-corrected chi connectivity index (χ0v) is 12.7. The van der Waals surface area contributed by atoms with Crippen LogP contribution >= 0.6 is 27.5 Å². The van der Waals surface area contributed by atoms with Crippen LogP contribution in [0.4, 0.5) is 5.69 Å². The fraction of sp³-hybridized carbons (Fsp3) is 0.0667. The highest BCUT2D eigenvalue weighted by molar-refractivity contribution is 9.10. The Bertz CT molecular complexity index is 728. The summed E-state index contributed by atoms with van der Waals surface area (Å²) in [4.78, 5) is 15.7. The molecule has 0 aromatic heterocycles. The standard InChI is InChI=1S/C15H10BrClN2O/c16-11-4-2-1-3-9(11)15-10-7-18-8-14(20)19-13(10)6-5-12(15)17/h1-7H,8H2,(H,19,20). The van der Waals surface area contributed by atoms with Crippen LogP contribution < -0.4 is 5.32 Å². The van der Waals surface area contributed by atoms with Crippen LogP contribution in [0.5, 0.6) is 0 Å².